The Labute approximate surface area is 123 Å². The molecule has 3 rings (SSSR count). The van der Waals surface area contributed by atoms with Gasteiger partial charge in [-0.15, -0.1) is 0 Å². The number of nitro benzene ring substituents is 1. The van der Waals surface area contributed by atoms with Crippen LogP contribution in [0.5, 0.6) is 0 Å². The number of morpholine rings is 2. The van der Waals surface area contributed by atoms with Gasteiger partial charge in [-0.1, -0.05) is 0 Å². The van der Waals surface area contributed by atoms with E-state index in [2.05, 4.69) is 9.80 Å². The number of likely N-dealkylation sites (N-methyl/N-ethyl adjacent to an activating group) is 2. The number of nitro groups is 1. The molecule has 0 radical (unpaired) electrons. The molecular weight excluding hydrogens is 274 g/mol. The van der Waals surface area contributed by atoms with Crippen LogP contribution < -0.4 is 0 Å². The number of hydrogen-bond donors (Lipinski definition) is 0. The molecule has 21 heavy (non-hydrogen) atoms. The Morgan fingerprint density at radius 3 is 2.62 bits per heavy atom. The first-order valence-corrected chi connectivity index (χ1v) is 6.97. The molecule has 1 aromatic carbocycles. The minimum atomic E-state index is -0.708. The van der Waals surface area contributed by atoms with Crippen molar-refractivity contribution in [3.63, 3.8) is 0 Å². The molecule has 2 aliphatic rings. The maximum Gasteiger partial charge on any atom is 0.269 e. The first-order chi connectivity index (χ1) is 10.1. The molecule has 0 aliphatic carbocycles. The van der Waals surface area contributed by atoms with Gasteiger partial charge in [0.1, 0.15) is 0 Å². The van der Waals surface area contributed by atoms with Crippen LogP contribution in [0, 0.1) is 10.1 Å². The van der Waals surface area contributed by atoms with Crippen molar-refractivity contribution in [3.05, 3.63) is 39.9 Å². The molecule has 0 N–H and O–H groups in total. The predicted octanol–water partition coefficient (Wildman–Crippen LogP) is 0.998. The highest BCUT2D eigenvalue weighted by atomic mass is 16.6. The molecule has 1 aromatic rings. The van der Waals surface area contributed by atoms with Gasteiger partial charge >= 0.3 is 0 Å². The maximum absolute atomic E-state index is 10.8. The third kappa shape index (κ3) is 2.22. The number of nitrogens with zero attached hydrogens (tertiary/aromatic N) is 3. The lowest BCUT2D eigenvalue weighted by Gasteiger charge is -2.55. The number of rotatable bonds is 2. The van der Waals surface area contributed by atoms with E-state index in [4.69, 9.17) is 9.47 Å². The van der Waals surface area contributed by atoms with E-state index in [1.807, 2.05) is 14.1 Å². The van der Waals surface area contributed by atoms with Crippen LogP contribution in [-0.4, -0.2) is 61.3 Å². The normalized spacial score (nSPS) is 30.9. The van der Waals surface area contributed by atoms with Gasteiger partial charge < -0.3 is 9.47 Å². The lowest BCUT2D eigenvalue weighted by molar-refractivity contribution is -0.385. The van der Waals surface area contributed by atoms with Gasteiger partial charge in [0.2, 0.25) is 0 Å². The summed E-state index contributed by atoms with van der Waals surface area (Å²) in [5.74, 6) is 0. The Morgan fingerprint density at radius 2 is 1.95 bits per heavy atom. The molecule has 0 saturated carbocycles. The molecule has 0 aromatic heterocycles. The van der Waals surface area contributed by atoms with Crippen LogP contribution >= 0.6 is 0 Å². The minimum absolute atomic E-state index is 0.0789. The van der Waals surface area contributed by atoms with Gasteiger partial charge in [0, 0.05) is 30.8 Å². The molecule has 7 heteroatoms. The standard InChI is InChI=1S/C14H19N3O4/c1-15-7-10-21-14(13(15)20-9-8-16(14)2)11-3-5-12(6-4-11)17(18)19/h3-6,13H,7-10H2,1-2H3. The summed E-state index contributed by atoms with van der Waals surface area (Å²) in [7, 11) is 4.00. The lowest BCUT2D eigenvalue weighted by Crippen LogP contribution is -2.67. The summed E-state index contributed by atoms with van der Waals surface area (Å²) >= 11 is 0. The number of ether oxygens (including phenoxy) is 2. The van der Waals surface area contributed by atoms with E-state index in [9.17, 15) is 10.1 Å². The van der Waals surface area contributed by atoms with Crippen LogP contribution in [0.3, 0.4) is 0 Å². The largest absolute Gasteiger partial charge is 0.357 e. The average Bonchev–Trinajstić information content (AvgIpc) is 2.49. The van der Waals surface area contributed by atoms with Crippen LogP contribution in [0.1, 0.15) is 5.56 Å². The Hall–Kier alpha value is -1.54. The van der Waals surface area contributed by atoms with Crippen molar-refractivity contribution in [1.29, 1.82) is 0 Å². The Balaban J connectivity index is 2.03. The van der Waals surface area contributed by atoms with Crippen LogP contribution in [0.15, 0.2) is 24.3 Å². The van der Waals surface area contributed by atoms with Gasteiger partial charge in [0.05, 0.1) is 18.1 Å². The third-order valence-electron chi connectivity index (χ3n) is 4.26. The fourth-order valence-corrected chi connectivity index (χ4v) is 3.11. The van der Waals surface area contributed by atoms with Crippen molar-refractivity contribution in [1.82, 2.24) is 9.80 Å². The summed E-state index contributed by atoms with van der Waals surface area (Å²) < 4.78 is 12.1. The molecule has 2 aliphatic heterocycles. The first-order valence-electron chi connectivity index (χ1n) is 6.97. The minimum Gasteiger partial charge on any atom is -0.357 e. The van der Waals surface area contributed by atoms with E-state index >= 15 is 0 Å². The summed E-state index contributed by atoms with van der Waals surface area (Å²) in [5.41, 5.74) is 0.252. The maximum atomic E-state index is 10.8. The molecule has 2 saturated heterocycles. The molecule has 7 nitrogen and oxygen atoms in total. The second-order valence-electron chi connectivity index (χ2n) is 5.47. The fourth-order valence-electron chi connectivity index (χ4n) is 3.11. The van der Waals surface area contributed by atoms with Crippen molar-refractivity contribution in [3.8, 4) is 0 Å². The topological polar surface area (TPSA) is 68.1 Å². The zero-order valence-electron chi connectivity index (χ0n) is 12.2. The molecule has 2 atom stereocenters. The lowest BCUT2D eigenvalue weighted by atomic mass is 9.95. The summed E-state index contributed by atoms with van der Waals surface area (Å²) in [4.78, 5) is 14.7. The van der Waals surface area contributed by atoms with Crippen molar-refractivity contribution in [2.75, 3.05) is 40.4 Å². The zero-order valence-corrected chi connectivity index (χ0v) is 12.2. The molecule has 114 valence electrons. The van der Waals surface area contributed by atoms with Gasteiger partial charge in [-0.2, -0.15) is 0 Å². The van der Waals surface area contributed by atoms with Gasteiger partial charge in [0.25, 0.3) is 5.69 Å². The predicted molar refractivity (Wildman–Crippen MR) is 75.7 cm³/mol. The number of benzene rings is 1. The molecule has 2 heterocycles. The highest BCUT2D eigenvalue weighted by molar-refractivity contribution is 5.36. The van der Waals surface area contributed by atoms with E-state index in [-0.39, 0.29) is 11.9 Å². The average molecular weight is 293 g/mol. The zero-order chi connectivity index (χ0) is 15.0. The van der Waals surface area contributed by atoms with Gasteiger partial charge in [-0.25, -0.2) is 0 Å². The SMILES string of the molecule is CN1CCOC2(c3ccc([N+](=O)[O-])cc3)C1OCCN2C. The third-order valence-corrected chi connectivity index (χ3v) is 4.26. The molecule has 0 spiro atoms. The second-order valence-corrected chi connectivity index (χ2v) is 5.47. The summed E-state index contributed by atoms with van der Waals surface area (Å²) in [6.07, 6.45) is -0.216. The molecule has 0 bridgehead atoms. The van der Waals surface area contributed by atoms with Crippen LogP contribution in [0.25, 0.3) is 0 Å². The highest BCUT2D eigenvalue weighted by Crippen LogP contribution is 2.40. The van der Waals surface area contributed by atoms with Crippen molar-refractivity contribution < 1.29 is 14.4 Å². The molecular formula is C14H19N3O4. The van der Waals surface area contributed by atoms with Crippen molar-refractivity contribution >= 4 is 5.69 Å². The van der Waals surface area contributed by atoms with E-state index in [1.165, 1.54) is 12.1 Å². The second kappa shape index (κ2) is 5.34. The summed E-state index contributed by atoms with van der Waals surface area (Å²) in [6.45, 7) is 2.79. The quantitative estimate of drug-likeness (QED) is 0.598. The Morgan fingerprint density at radius 1 is 1.24 bits per heavy atom. The Kier molecular flexibility index (Phi) is 3.66. The Bertz CT molecular complexity index is 536. The summed E-state index contributed by atoms with van der Waals surface area (Å²) in [6, 6.07) is 6.55. The number of non-ortho nitro benzene ring substituents is 1. The monoisotopic (exact) mass is 293 g/mol. The molecule has 0 amide bonds. The van der Waals surface area contributed by atoms with Crippen LogP contribution in [0.2, 0.25) is 0 Å². The smallest absolute Gasteiger partial charge is 0.269 e. The van der Waals surface area contributed by atoms with E-state index in [0.717, 1.165) is 18.7 Å². The van der Waals surface area contributed by atoms with Crippen molar-refractivity contribution in [2.45, 2.75) is 12.0 Å². The van der Waals surface area contributed by atoms with Crippen LogP contribution in [0.4, 0.5) is 5.69 Å². The molecule has 2 unspecified atom stereocenters. The van der Waals surface area contributed by atoms with E-state index in [0.29, 0.717) is 13.2 Å². The van der Waals surface area contributed by atoms with Crippen LogP contribution in [-0.2, 0) is 15.2 Å². The first kappa shape index (κ1) is 14.4. The number of fused-ring (bicyclic) bond motifs is 1. The summed E-state index contributed by atoms with van der Waals surface area (Å²) in [5, 5.41) is 10.8. The molecule has 2 fully saturated rings. The highest BCUT2D eigenvalue weighted by Gasteiger charge is 2.52. The van der Waals surface area contributed by atoms with E-state index in [1.54, 1.807) is 12.1 Å². The number of hydrogen-bond acceptors (Lipinski definition) is 6. The van der Waals surface area contributed by atoms with Crippen molar-refractivity contribution in [2.24, 2.45) is 0 Å². The van der Waals surface area contributed by atoms with E-state index < -0.39 is 10.6 Å². The van der Waals surface area contributed by atoms with Gasteiger partial charge in [-0.05, 0) is 26.2 Å². The fraction of sp³-hybridized carbons (Fsp3) is 0.571. The van der Waals surface area contributed by atoms with Gasteiger partial charge in [0.15, 0.2) is 12.0 Å². The van der Waals surface area contributed by atoms with Gasteiger partial charge in [-0.3, -0.25) is 19.9 Å².